The van der Waals surface area contributed by atoms with Crippen LogP contribution in [0.4, 0.5) is 4.39 Å². The van der Waals surface area contributed by atoms with E-state index >= 15 is 0 Å². The molecule has 0 rings (SSSR count). The van der Waals surface area contributed by atoms with Gasteiger partial charge in [-0.1, -0.05) is 0 Å². The van der Waals surface area contributed by atoms with Gasteiger partial charge in [0, 0.05) is 0 Å². The van der Waals surface area contributed by atoms with Crippen LogP contribution in [0.3, 0.4) is 0 Å². The van der Waals surface area contributed by atoms with E-state index < -0.39 is 11.8 Å². The third kappa shape index (κ3) is 2.69. The predicted molar refractivity (Wildman–Crippen MR) is 28.5 cm³/mol. The highest BCUT2D eigenvalue weighted by Gasteiger charge is 2.07. The van der Waals surface area contributed by atoms with Crippen LogP contribution in [0.2, 0.25) is 0 Å². The van der Waals surface area contributed by atoms with Crippen molar-refractivity contribution in [3.05, 3.63) is 12.1 Å². The molecule has 0 radical (unpaired) electrons. The fourth-order valence-corrected chi connectivity index (χ4v) is 0.253. The molecule has 0 heterocycles. The molecule has 0 amide bonds. The molecule has 0 saturated heterocycles. The van der Waals surface area contributed by atoms with E-state index in [1.165, 1.54) is 0 Å². The zero-order valence-electron chi connectivity index (χ0n) is 4.93. The van der Waals surface area contributed by atoms with Crippen molar-refractivity contribution in [3.63, 3.8) is 0 Å². The van der Waals surface area contributed by atoms with Crippen LogP contribution in [-0.4, -0.2) is 17.7 Å². The van der Waals surface area contributed by atoms with Crippen LogP contribution in [0.15, 0.2) is 12.1 Å². The van der Waals surface area contributed by atoms with Crippen LogP contribution >= 0.6 is 0 Å². The van der Waals surface area contributed by atoms with E-state index in [-0.39, 0.29) is 12.9 Å². The van der Waals surface area contributed by atoms with Gasteiger partial charge < -0.3 is 9.84 Å². The van der Waals surface area contributed by atoms with Gasteiger partial charge in [-0.25, -0.2) is 4.79 Å². The molecule has 1 N–H and O–H groups in total. The van der Waals surface area contributed by atoms with E-state index in [1.807, 2.05) is 0 Å². The van der Waals surface area contributed by atoms with Crippen LogP contribution in [0.5, 0.6) is 0 Å². The maximum atomic E-state index is 11.8. The summed E-state index contributed by atoms with van der Waals surface area (Å²) >= 11 is 0. The van der Waals surface area contributed by atoms with Gasteiger partial charge in [0.15, 0.2) is 0 Å². The van der Waals surface area contributed by atoms with Gasteiger partial charge in [-0.05, 0) is 6.92 Å². The van der Waals surface area contributed by atoms with Crippen molar-refractivity contribution in [1.82, 2.24) is 0 Å². The van der Waals surface area contributed by atoms with E-state index in [0.29, 0.717) is 0 Å². The molecule has 0 spiro atoms. The number of ether oxygens (including phenoxy) is 1. The Bertz CT molecular complexity index is 130. The fraction of sp³-hybridized carbons (Fsp3) is 0.400. The van der Waals surface area contributed by atoms with Crippen molar-refractivity contribution < 1.29 is 19.0 Å². The van der Waals surface area contributed by atoms with Gasteiger partial charge in [0.25, 0.3) is 0 Å². The highest BCUT2D eigenvalue weighted by molar-refractivity contribution is 5.85. The third-order valence-corrected chi connectivity index (χ3v) is 0.584. The minimum atomic E-state index is -1.28. The molecule has 0 saturated carbocycles. The molecule has 3 nitrogen and oxygen atoms in total. The summed E-state index contributed by atoms with van der Waals surface area (Å²) in [7, 11) is 0. The largest absolute Gasteiger partial charge is 0.512 e. The number of rotatable bonds is 2. The van der Waals surface area contributed by atoms with Crippen molar-refractivity contribution in [3.8, 4) is 0 Å². The minimum Gasteiger partial charge on any atom is -0.512 e. The molecule has 0 bridgehead atoms. The average molecular weight is 134 g/mol. The number of esters is 1. The number of carbonyl (C=O) groups is 1. The lowest BCUT2D eigenvalue weighted by Crippen LogP contribution is -2.03. The fourth-order valence-electron chi connectivity index (χ4n) is 0.253. The first kappa shape index (κ1) is 7.94. The molecule has 0 aromatic heterocycles. The summed E-state index contributed by atoms with van der Waals surface area (Å²) in [6, 6.07) is 0. The molecule has 0 aliphatic carbocycles. The molecule has 52 valence electrons. The number of aliphatic hydroxyl groups is 1. The van der Waals surface area contributed by atoms with E-state index in [2.05, 4.69) is 4.74 Å². The van der Waals surface area contributed by atoms with Crippen LogP contribution in [0.1, 0.15) is 6.92 Å². The lowest BCUT2D eigenvalue weighted by atomic mass is 10.6. The summed E-state index contributed by atoms with van der Waals surface area (Å²) in [6.45, 7) is 1.64. The Kier molecular flexibility index (Phi) is 3.43. The first-order valence-corrected chi connectivity index (χ1v) is 2.39. The second-order valence-corrected chi connectivity index (χ2v) is 1.20. The molecular weight excluding hydrogens is 127 g/mol. The van der Waals surface area contributed by atoms with Crippen LogP contribution in [0, 0.1) is 0 Å². The van der Waals surface area contributed by atoms with Crippen molar-refractivity contribution in [2.75, 3.05) is 6.61 Å². The summed E-state index contributed by atoms with van der Waals surface area (Å²) in [4.78, 5) is 10.1. The van der Waals surface area contributed by atoms with E-state index in [0.717, 1.165) is 0 Å². The first-order valence-electron chi connectivity index (χ1n) is 2.39. The summed E-state index contributed by atoms with van der Waals surface area (Å²) in [5.74, 6) is -2.42. The van der Waals surface area contributed by atoms with Gasteiger partial charge in [-0.3, -0.25) is 0 Å². The lowest BCUT2D eigenvalue weighted by Gasteiger charge is -1.94. The zero-order chi connectivity index (χ0) is 7.28. The molecule has 0 aromatic carbocycles. The Labute approximate surface area is 51.7 Å². The summed E-state index contributed by atoms with van der Waals surface area (Å²) in [5.41, 5.74) is 0. The van der Waals surface area contributed by atoms with Gasteiger partial charge >= 0.3 is 5.97 Å². The maximum Gasteiger partial charge on any atom is 0.370 e. The Morgan fingerprint density at radius 3 is 2.78 bits per heavy atom. The average Bonchev–Trinajstić information content (AvgIpc) is 1.87. The van der Waals surface area contributed by atoms with Gasteiger partial charge in [0.1, 0.15) is 6.26 Å². The maximum absolute atomic E-state index is 11.8. The van der Waals surface area contributed by atoms with E-state index in [1.54, 1.807) is 6.92 Å². The van der Waals surface area contributed by atoms with E-state index in [4.69, 9.17) is 5.11 Å². The van der Waals surface area contributed by atoms with Crippen LogP contribution in [0.25, 0.3) is 0 Å². The van der Waals surface area contributed by atoms with Crippen molar-refractivity contribution in [1.29, 1.82) is 0 Å². The van der Waals surface area contributed by atoms with Crippen LogP contribution in [-0.2, 0) is 9.53 Å². The van der Waals surface area contributed by atoms with Crippen molar-refractivity contribution in [2.45, 2.75) is 6.92 Å². The van der Waals surface area contributed by atoms with Crippen LogP contribution < -0.4 is 0 Å². The molecule has 0 aromatic rings. The van der Waals surface area contributed by atoms with Gasteiger partial charge in [0.2, 0.25) is 5.83 Å². The number of aliphatic hydroxyl groups excluding tert-OH is 1. The van der Waals surface area contributed by atoms with Gasteiger partial charge in [-0.15, -0.1) is 0 Å². The number of hydrogen-bond acceptors (Lipinski definition) is 3. The van der Waals surface area contributed by atoms with Crippen molar-refractivity contribution >= 4 is 5.97 Å². The molecule has 0 aliphatic heterocycles. The monoisotopic (exact) mass is 134 g/mol. The Hall–Kier alpha value is -1.06. The lowest BCUT2D eigenvalue weighted by molar-refractivity contribution is -0.140. The smallest absolute Gasteiger partial charge is 0.370 e. The molecule has 4 heteroatoms. The zero-order valence-corrected chi connectivity index (χ0v) is 4.93. The molecule has 0 atom stereocenters. The highest BCUT2D eigenvalue weighted by Crippen LogP contribution is 1.96. The number of carbonyl (C=O) groups excluding carboxylic acids is 1. The van der Waals surface area contributed by atoms with E-state index in [9.17, 15) is 9.18 Å². The number of halogens is 1. The molecule has 0 unspecified atom stereocenters. The van der Waals surface area contributed by atoms with Crippen molar-refractivity contribution in [2.24, 2.45) is 0 Å². The second kappa shape index (κ2) is 3.88. The quantitative estimate of drug-likeness (QED) is 0.347. The molecular formula is C5H7FO3. The predicted octanol–water partition coefficient (Wildman–Crippen LogP) is 0.918. The standard InChI is InChI=1S/C5H7FO3/c1-2-9-5(8)4(6)3-7/h3,7H,2H2,1H3/b4-3+. The Morgan fingerprint density at radius 1 is 1.89 bits per heavy atom. The minimum absolute atomic E-state index is 0.0675. The third-order valence-electron chi connectivity index (χ3n) is 0.584. The normalized spacial score (nSPS) is 11.1. The summed E-state index contributed by atoms with van der Waals surface area (Å²) in [6.07, 6.45) is 0.0675. The van der Waals surface area contributed by atoms with Gasteiger partial charge in [0.05, 0.1) is 6.61 Å². The second-order valence-electron chi connectivity index (χ2n) is 1.20. The highest BCUT2D eigenvalue weighted by atomic mass is 19.1. The summed E-state index contributed by atoms with van der Waals surface area (Å²) < 4.78 is 16.0. The Morgan fingerprint density at radius 2 is 2.44 bits per heavy atom. The van der Waals surface area contributed by atoms with Gasteiger partial charge in [-0.2, -0.15) is 4.39 Å². The SMILES string of the molecule is CCOC(=O)/C(F)=C\O. The molecule has 0 fully saturated rings. The number of hydrogen-bond donors (Lipinski definition) is 1. The molecule has 0 aliphatic rings. The molecule has 9 heavy (non-hydrogen) atoms. The summed E-state index contributed by atoms with van der Waals surface area (Å²) in [5, 5.41) is 7.89. The first-order chi connectivity index (χ1) is 4.22. The Balaban J connectivity index is 3.74. The topological polar surface area (TPSA) is 46.5 Å².